The van der Waals surface area contributed by atoms with Gasteiger partial charge in [-0.1, -0.05) is 30.7 Å². The van der Waals surface area contributed by atoms with E-state index in [0.29, 0.717) is 6.54 Å². The van der Waals surface area contributed by atoms with Crippen LogP contribution in [0.4, 0.5) is 11.5 Å². The number of hydrogen-bond donors (Lipinski definition) is 2. The largest absolute Gasteiger partial charge is 0.357 e. The van der Waals surface area contributed by atoms with Crippen molar-refractivity contribution in [1.29, 1.82) is 0 Å². The van der Waals surface area contributed by atoms with Gasteiger partial charge in [0.15, 0.2) is 0 Å². The molecular weight excluding hydrogens is 396 g/mol. The van der Waals surface area contributed by atoms with Gasteiger partial charge in [0.2, 0.25) is 11.8 Å². The van der Waals surface area contributed by atoms with Gasteiger partial charge in [-0.25, -0.2) is 4.98 Å². The zero-order valence-corrected chi connectivity index (χ0v) is 18.5. The quantitative estimate of drug-likeness (QED) is 0.674. The van der Waals surface area contributed by atoms with E-state index in [1.807, 2.05) is 49.5 Å². The number of piperidine rings is 1. The molecule has 1 aliphatic heterocycles. The number of thioether (sulfide) groups is 1. The summed E-state index contributed by atoms with van der Waals surface area (Å²) in [6.07, 6.45) is 4.25. The highest BCUT2D eigenvalue weighted by molar-refractivity contribution is 8.00. The lowest BCUT2D eigenvalue weighted by Gasteiger charge is -2.31. The van der Waals surface area contributed by atoms with Crippen LogP contribution in [0.25, 0.3) is 0 Å². The van der Waals surface area contributed by atoms with Gasteiger partial charge in [0.25, 0.3) is 0 Å². The molecule has 2 heterocycles. The number of nitrogens with one attached hydrogen (secondary N) is 2. The monoisotopic (exact) mass is 426 g/mol. The van der Waals surface area contributed by atoms with Crippen molar-refractivity contribution < 1.29 is 9.59 Å². The van der Waals surface area contributed by atoms with Crippen LogP contribution in [0, 0.1) is 12.8 Å². The number of amides is 2. The number of pyridine rings is 1. The van der Waals surface area contributed by atoms with Crippen molar-refractivity contribution in [3.63, 3.8) is 0 Å². The SMILES string of the molecule is Cc1ccc(NC(=O)CSCC(=O)NCc2ccc(N3CCC(C)CC3)nc2)cc1. The van der Waals surface area contributed by atoms with Crippen LogP contribution < -0.4 is 15.5 Å². The minimum atomic E-state index is -0.108. The second-order valence-corrected chi connectivity index (χ2v) is 8.86. The van der Waals surface area contributed by atoms with Crippen LogP contribution in [-0.2, 0) is 16.1 Å². The summed E-state index contributed by atoms with van der Waals surface area (Å²) in [6.45, 7) is 6.85. The Bertz CT molecular complexity index is 831. The Morgan fingerprint density at radius 1 is 1.07 bits per heavy atom. The normalized spacial score (nSPS) is 14.4. The minimum Gasteiger partial charge on any atom is -0.357 e. The first-order valence-corrected chi connectivity index (χ1v) is 11.6. The van der Waals surface area contributed by atoms with Gasteiger partial charge in [0, 0.05) is 31.5 Å². The summed E-state index contributed by atoms with van der Waals surface area (Å²) in [6, 6.07) is 11.7. The van der Waals surface area contributed by atoms with Crippen LogP contribution in [0.5, 0.6) is 0 Å². The van der Waals surface area contributed by atoms with Gasteiger partial charge in [-0.2, -0.15) is 0 Å². The number of aryl methyl sites for hydroxylation is 1. The molecule has 0 bridgehead atoms. The minimum absolute atomic E-state index is 0.0859. The third-order valence-electron chi connectivity index (χ3n) is 5.21. The van der Waals surface area contributed by atoms with E-state index in [2.05, 4.69) is 27.4 Å². The van der Waals surface area contributed by atoms with E-state index in [1.165, 1.54) is 24.6 Å². The van der Waals surface area contributed by atoms with Crippen molar-refractivity contribution >= 4 is 35.1 Å². The molecule has 0 atom stereocenters. The average Bonchev–Trinajstić information content (AvgIpc) is 2.75. The molecule has 1 fully saturated rings. The predicted molar refractivity (Wildman–Crippen MR) is 124 cm³/mol. The Morgan fingerprint density at radius 3 is 2.43 bits per heavy atom. The van der Waals surface area contributed by atoms with E-state index in [4.69, 9.17) is 0 Å². The topological polar surface area (TPSA) is 74.3 Å². The molecule has 1 saturated heterocycles. The zero-order chi connectivity index (χ0) is 21.3. The van der Waals surface area contributed by atoms with Crippen molar-refractivity contribution in [2.45, 2.75) is 33.2 Å². The first-order chi connectivity index (χ1) is 14.5. The second kappa shape index (κ2) is 11.0. The molecule has 7 heteroatoms. The molecule has 2 amide bonds. The molecule has 2 N–H and O–H groups in total. The number of anilines is 2. The number of carbonyl (C=O) groups excluding carboxylic acids is 2. The maximum absolute atomic E-state index is 12.0. The highest BCUT2D eigenvalue weighted by Crippen LogP contribution is 2.21. The molecule has 1 aromatic carbocycles. The van der Waals surface area contributed by atoms with Crippen LogP contribution in [0.2, 0.25) is 0 Å². The van der Waals surface area contributed by atoms with Gasteiger partial charge in [-0.05, 0) is 49.4 Å². The number of aromatic nitrogens is 1. The lowest BCUT2D eigenvalue weighted by molar-refractivity contribution is -0.118. The van der Waals surface area contributed by atoms with E-state index in [1.54, 1.807) is 0 Å². The van der Waals surface area contributed by atoms with E-state index < -0.39 is 0 Å². The lowest BCUT2D eigenvalue weighted by Crippen LogP contribution is -2.33. The molecule has 0 saturated carbocycles. The molecule has 1 aromatic heterocycles. The van der Waals surface area contributed by atoms with Gasteiger partial charge in [-0.3, -0.25) is 9.59 Å². The van der Waals surface area contributed by atoms with Crippen LogP contribution in [0.1, 0.15) is 30.9 Å². The van der Waals surface area contributed by atoms with E-state index in [9.17, 15) is 9.59 Å². The maximum atomic E-state index is 12.0. The maximum Gasteiger partial charge on any atom is 0.234 e. The molecule has 30 heavy (non-hydrogen) atoms. The summed E-state index contributed by atoms with van der Waals surface area (Å²) in [5, 5.41) is 5.72. The molecule has 0 spiro atoms. The molecular formula is C23H30N4O2S. The fraction of sp³-hybridized carbons (Fsp3) is 0.435. The van der Waals surface area contributed by atoms with Crippen molar-refractivity contribution in [1.82, 2.24) is 10.3 Å². The van der Waals surface area contributed by atoms with Crippen molar-refractivity contribution in [2.75, 3.05) is 34.8 Å². The highest BCUT2D eigenvalue weighted by Gasteiger charge is 2.16. The number of nitrogens with zero attached hydrogens (tertiary/aromatic N) is 2. The summed E-state index contributed by atoms with van der Waals surface area (Å²) in [5.74, 6) is 2.10. The van der Waals surface area contributed by atoms with Crippen molar-refractivity contribution in [2.24, 2.45) is 5.92 Å². The Hall–Kier alpha value is -2.54. The summed E-state index contributed by atoms with van der Waals surface area (Å²) >= 11 is 1.30. The first-order valence-electron chi connectivity index (χ1n) is 10.4. The predicted octanol–water partition coefficient (Wildman–Crippen LogP) is 3.61. The van der Waals surface area contributed by atoms with Crippen LogP contribution >= 0.6 is 11.8 Å². The van der Waals surface area contributed by atoms with Gasteiger partial charge in [0.05, 0.1) is 11.5 Å². The van der Waals surface area contributed by atoms with Crippen LogP contribution in [0.3, 0.4) is 0 Å². The van der Waals surface area contributed by atoms with Crippen LogP contribution in [0.15, 0.2) is 42.6 Å². The van der Waals surface area contributed by atoms with E-state index in [-0.39, 0.29) is 23.3 Å². The average molecular weight is 427 g/mol. The molecule has 0 unspecified atom stereocenters. The fourth-order valence-electron chi connectivity index (χ4n) is 3.27. The van der Waals surface area contributed by atoms with Gasteiger partial charge in [-0.15, -0.1) is 11.8 Å². The Kier molecular flexibility index (Phi) is 8.13. The third-order valence-corrected chi connectivity index (χ3v) is 6.14. The summed E-state index contributed by atoms with van der Waals surface area (Å²) in [7, 11) is 0. The van der Waals surface area contributed by atoms with Crippen molar-refractivity contribution in [3.8, 4) is 0 Å². The molecule has 2 aromatic rings. The smallest absolute Gasteiger partial charge is 0.234 e. The molecule has 0 radical (unpaired) electrons. The number of carbonyl (C=O) groups is 2. The Morgan fingerprint density at radius 2 is 1.77 bits per heavy atom. The second-order valence-electron chi connectivity index (χ2n) is 7.88. The first kappa shape index (κ1) is 22.2. The third kappa shape index (κ3) is 7.06. The zero-order valence-electron chi connectivity index (χ0n) is 17.7. The number of rotatable bonds is 8. The Balaban J connectivity index is 1.33. The van der Waals surface area contributed by atoms with Gasteiger partial charge >= 0.3 is 0 Å². The van der Waals surface area contributed by atoms with E-state index in [0.717, 1.165) is 41.6 Å². The lowest BCUT2D eigenvalue weighted by atomic mass is 9.99. The van der Waals surface area contributed by atoms with Crippen LogP contribution in [-0.4, -0.2) is 41.4 Å². The standard InChI is InChI=1S/C23H30N4O2S/c1-17-3-6-20(7-4-17)26-23(29)16-30-15-22(28)25-14-19-5-8-21(24-13-19)27-11-9-18(2)10-12-27/h3-8,13,18H,9-12,14-16H2,1-2H3,(H,25,28)(H,26,29). The summed E-state index contributed by atoms with van der Waals surface area (Å²) in [5.41, 5.74) is 2.88. The van der Waals surface area contributed by atoms with Gasteiger partial charge < -0.3 is 15.5 Å². The highest BCUT2D eigenvalue weighted by atomic mass is 32.2. The molecule has 6 nitrogen and oxygen atoms in total. The van der Waals surface area contributed by atoms with Gasteiger partial charge in [0.1, 0.15) is 5.82 Å². The summed E-state index contributed by atoms with van der Waals surface area (Å²) in [4.78, 5) is 30.9. The van der Waals surface area contributed by atoms with E-state index >= 15 is 0 Å². The fourth-order valence-corrected chi connectivity index (χ4v) is 3.92. The van der Waals surface area contributed by atoms with Crippen molar-refractivity contribution in [3.05, 3.63) is 53.7 Å². The molecule has 0 aliphatic carbocycles. The summed E-state index contributed by atoms with van der Waals surface area (Å²) < 4.78 is 0. The molecule has 160 valence electrons. The molecule has 1 aliphatic rings. The number of hydrogen-bond acceptors (Lipinski definition) is 5. The molecule has 3 rings (SSSR count). The Labute approximate surface area is 182 Å². The number of benzene rings is 1.